The Labute approximate surface area is 371 Å². The van der Waals surface area contributed by atoms with Gasteiger partial charge in [-0.3, -0.25) is 24.0 Å². The molecule has 0 radical (unpaired) electrons. The van der Waals surface area contributed by atoms with Crippen molar-refractivity contribution in [2.75, 3.05) is 0 Å². The number of ether oxygens (including phenoxy) is 2. The number of carbonyl (C=O) groups is 6. The topological polar surface area (TPSA) is 164 Å². The molecule has 0 spiro atoms. The standard InChI is InChI=1S/C48H60O10.Na/c1-31(17-13-19-33(3)21-23-37-35(5)45(55)39(29-47(37,7)8)57-43(53)27-25-41(49)50)15-11-12-16-32(2)18-14-20-34(4)22-24-38-36(6)46(56)40(30-48(38,9)10)58-44(54)28-26-42(51)52;/h11-24,39-40H,25-30H2,1-10H3,(H,49,50)(H,51,52);/q;+1/p-1/b12-11+,17-13+,18-14+,23-21+,24-22+,31-15+,32-16+,33-19+,34-20+;. The first-order chi connectivity index (χ1) is 27.0. The van der Waals surface area contributed by atoms with Gasteiger partial charge in [0.05, 0.1) is 19.3 Å². The summed E-state index contributed by atoms with van der Waals surface area (Å²) < 4.78 is 10.7. The summed E-state index contributed by atoms with van der Waals surface area (Å²) in [6.45, 7) is 19.3. The molecule has 2 atom stereocenters. The second-order valence-electron chi connectivity index (χ2n) is 16.1. The molecule has 2 rings (SSSR count). The second-order valence-corrected chi connectivity index (χ2v) is 16.1. The Morgan fingerprint density at radius 1 is 0.610 bits per heavy atom. The Kier molecular flexibility index (Phi) is 21.7. The van der Waals surface area contributed by atoms with Crippen molar-refractivity contribution in [3.05, 3.63) is 130 Å². The Hall–Kier alpha value is -4.64. The third-order valence-corrected chi connectivity index (χ3v) is 9.90. The Morgan fingerprint density at radius 2 is 0.949 bits per heavy atom. The van der Waals surface area contributed by atoms with Gasteiger partial charge in [0.1, 0.15) is 0 Å². The zero-order chi connectivity index (χ0) is 43.8. The predicted molar refractivity (Wildman–Crippen MR) is 224 cm³/mol. The maximum Gasteiger partial charge on any atom is 1.00 e. The molecule has 0 amide bonds. The van der Waals surface area contributed by atoms with E-state index in [0.29, 0.717) is 24.0 Å². The molecule has 0 aliphatic heterocycles. The quantitative estimate of drug-likeness (QED) is 0.108. The van der Waals surface area contributed by atoms with Gasteiger partial charge in [-0.05, 0) is 81.1 Å². The first kappa shape index (κ1) is 52.4. The van der Waals surface area contributed by atoms with Crippen molar-refractivity contribution in [1.82, 2.24) is 0 Å². The zero-order valence-corrected chi connectivity index (χ0v) is 38.6. The summed E-state index contributed by atoms with van der Waals surface area (Å²) in [4.78, 5) is 71.5. The molecular formula is C48H59NaO10. The molecule has 11 heteroatoms. The van der Waals surface area contributed by atoms with E-state index < -0.39 is 53.3 Å². The fourth-order valence-electron chi connectivity index (χ4n) is 6.61. The van der Waals surface area contributed by atoms with Crippen LogP contribution in [0.15, 0.2) is 130 Å². The van der Waals surface area contributed by atoms with Gasteiger partial charge in [-0.15, -0.1) is 0 Å². The van der Waals surface area contributed by atoms with Gasteiger partial charge in [0, 0.05) is 18.8 Å². The Bertz CT molecular complexity index is 1830. The van der Waals surface area contributed by atoms with E-state index in [4.69, 9.17) is 14.6 Å². The number of esters is 2. The summed E-state index contributed by atoms with van der Waals surface area (Å²) in [7, 11) is 0. The third kappa shape index (κ3) is 18.0. The minimum Gasteiger partial charge on any atom is -0.550 e. The molecule has 10 nitrogen and oxygen atoms in total. The number of ketones is 2. The zero-order valence-electron chi connectivity index (χ0n) is 36.6. The van der Waals surface area contributed by atoms with E-state index in [1.165, 1.54) is 0 Å². The van der Waals surface area contributed by atoms with Crippen molar-refractivity contribution in [2.24, 2.45) is 10.8 Å². The van der Waals surface area contributed by atoms with Gasteiger partial charge in [0.15, 0.2) is 23.8 Å². The van der Waals surface area contributed by atoms with Crippen molar-refractivity contribution in [3.8, 4) is 0 Å². The van der Waals surface area contributed by atoms with Crippen molar-refractivity contribution in [3.63, 3.8) is 0 Å². The number of carboxylic acids is 2. The first-order valence-corrected chi connectivity index (χ1v) is 19.4. The van der Waals surface area contributed by atoms with Gasteiger partial charge in [-0.2, -0.15) is 0 Å². The Balaban J connectivity index is 0.0000174. The number of hydrogen-bond acceptors (Lipinski definition) is 9. The number of aliphatic carboxylic acids is 2. The van der Waals surface area contributed by atoms with E-state index in [1.54, 1.807) is 13.8 Å². The van der Waals surface area contributed by atoms with Gasteiger partial charge < -0.3 is 24.5 Å². The molecule has 2 unspecified atom stereocenters. The molecule has 59 heavy (non-hydrogen) atoms. The van der Waals surface area contributed by atoms with E-state index >= 15 is 0 Å². The molecule has 0 fully saturated rings. The maximum absolute atomic E-state index is 13.0. The van der Waals surface area contributed by atoms with Gasteiger partial charge in [0.25, 0.3) is 0 Å². The number of Topliss-reactive ketones (excluding diaryl/α,β-unsaturated/α-hetero) is 2. The molecule has 0 heterocycles. The van der Waals surface area contributed by atoms with Crippen LogP contribution in [-0.4, -0.2) is 52.8 Å². The Morgan fingerprint density at radius 3 is 1.31 bits per heavy atom. The first-order valence-electron chi connectivity index (χ1n) is 19.4. The average Bonchev–Trinajstić information content (AvgIpc) is 3.12. The van der Waals surface area contributed by atoms with E-state index in [1.807, 2.05) is 140 Å². The summed E-state index contributed by atoms with van der Waals surface area (Å²) in [5, 5.41) is 19.5. The van der Waals surface area contributed by atoms with Crippen LogP contribution >= 0.6 is 0 Å². The summed E-state index contributed by atoms with van der Waals surface area (Å²) in [6.07, 6.45) is 24.9. The number of hydrogen-bond donors (Lipinski definition) is 1. The monoisotopic (exact) mass is 818 g/mol. The minimum absolute atomic E-state index is 0. The van der Waals surface area contributed by atoms with Gasteiger partial charge in [0.2, 0.25) is 0 Å². The fourth-order valence-corrected chi connectivity index (χ4v) is 6.61. The summed E-state index contributed by atoms with van der Waals surface area (Å²) >= 11 is 0. The van der Waals surface area contributed by atoms with E-state index in [-0.39, 0.29) is 60.4 Å². The number of allylic oxidation sites excluding steroid dienone is 20. The fraction of sp³-hybridized carbons (Fsp3) is 0.417. The van der Waals surface area contributed by atoms with E-state index in [0.717, 1.165) is 33.4 Å². The molecule has 0 saturated heterocycles. The maximum atomic E-state index is 13.0. The van der Waals surface area contributed by atoms with Crippen LogP contribution in [0.1, 0.15) is 108 Å². The van der Waals surface area contributed by atoms with Crippen LogP contribution in [0, 0.1) is 10.8 Å². The summed E-state index contributed by atoms with van der Waals surface area (Å²) in [5.41, 5.74) is 5.97. The van der Waals surface area contributed by atoms with Crippen molar-refractivity contribution in [2.45, 2.75) is 120 Å². The molecule has 0 aromatic carbocycles. The normalized spacial score (nSPS) is 20.7. The number of carboxylic acid groups (broad SMARTS) is 2. The molecule has 0 saturated carbocycles. The molecular weight excluding hydrogens is 760 g/mol. The van der Waals surface area contributed by atoms with Gasteiger partial charge in [-0.1, -0.05) is 135 Å². The average molecular weight is 819 g/mol. The van der Waals surface area contributed by atoms with Crippen LogP contribution < -0.4 is 34.7 Å². The largest absolute Gasteiger partial charge is 1.00 e. The predicted octanol–water partition coefficient (Wildman–Crippen LogP) is 5.41. The van der Waals surface area contributed by atoms with Crippen LogP contribution in [0.3, 0.4) is 0 Å². The van der Waals surface area contributed by atoms with Crippen LogP contribution in [0.5, 0.6) is 0 Å². The minimum atomic E-state index is -1.34. The summed E-state index contributed by atoms with van der Waals surface area (Å²) in [6, 6.07) is 0. The number of carbonyl (C=O) groups excluding carboxylic acids is 5. The smallest absolute Gasteiger partial charge is 0.550 e. The van der Waals surface area contributed by atoms with Gasteiger partial charge in [-0.25, -0.2) is 0 Å². The molecule has 0 aromatic heterocycles. The molecule has 2 aliphatic rings. The van der Waals surface area contributed by atoms with E-state index in [2.05, 4.69) is 0 Å². The van der Waals surface area contributed by atoms with Gasteiger partial charge >= 0.3 is 47.5 Å². The molecule has 0 bridgehead atoms. The van der Waals surface area contributed by atoms with E-state index in [9.17, 15) is 33.9 Å². The molecule has 312 valence electrons. The van der Waals surface area contributed by atoms with Crippen LogP contribution in [-0.2, 0) is 38.2 Å². The molecule has 2 aliphatic carbocycles. The molecule has 0 aromatic rings. The summed E-state index contributed by atoms with van der Waals surface area (Å²) in [5.74, 6) is -4.40. The molecule has 1 N–H and O–H groups in total. The van der Waals surface area contributed by atoms with Crippen molar-refractivity contribution >= 4 is 35.4 Å². The SMILES string of the molecule is CC1=C(/C=C/C(C)=C/C=C/C(C)=C/C=C/C=C(C)/C=C/C=C(C)/C=C/C2=C(C)C(=O)C(OC(=O)CCC(=O)O)CC2(C)C)C(C)(C)CC(OC(=O)CCC(=O)[O-])C1=O.[Na+]. The van der Waals surface area contributed by atoms with Crippen molar-refractivity contribution in [1.29, 1.82) is 0 Å². The second kappa shape index (κ2) is 24.4. The van der Waals surface area contributed by atoms with Crippen LogP contribution in [0.25, 0.3) is 0 Å². The van der Waals surface area contributed by atoms with Crippen molar-refractivity contribution < 1.29 is 78.0 Å². The third-order valence-electron chi connectivity index (χ3n) is 9.90. The number of rotatable bonds is 18. The van der Waals surface area contributed by atoms with Crippen LogP contribution in [0.2, 0.25) is 0 Å². The van der Waals surface area contributed by atoms with Crippen LogP contribution in [0.4, 0.5) is 0 Å².